The predicted octanol–water partition coefficient (Wildman–Crippen LogP) is 10.7. The SMILES string of the molecule is CCCCCCCCCCCCCCCC(C)(C)N(CCCCCC)CCCCCC. The molecular weight excluding hydrogens is 374 g/mol. The number of hydrogen-bond donors (Lipinski definition) is 0. The van der Waals surface area contributed by atoms with Gasteiger partial charge in [-0.1, -0.05) is 143 Å². The normalized spacial score (nSPS) is 12.2. The summed E-state index contributed by atoms with van der Waals surface area (Å²) >= 11 is 0. The van der Waals surface area contributed by atoms with Crippen molar-refractivity contribution in [3.8, 4) is 0 Å². The summed E-state index contributed by atoms with van der Waals surface area (Å²) in [5, 5.41) is 0. The number of rotatable bonds is 25. The molecule has 0 aliphatic heterocycles. The molecule has 0 saturated carbocycles. The highest BCUT2D eigenvalue weighted by Gasteiger charge is 2.25. The molecular formula is C30H63N. The van der Waals surface area contributed by atoms with E-state index in [2.05, 4.69) is 39.5 Å². The third kappa shape index (κ3) is 20.3. The van der Waals surface area contributed by atoms with Crippen molar-refractivity contribution in [3.63, 3.8) is 0 Å². The average Bonchev–Trinajstić information content (AvgIpc) is 2.75. The average molecular weight is 438 g/mol. The molecule has 0 heterocycles. The van der Waals surface area contributed by atoms with Crippen LogP contribution >= 0.6 is 0 Å². The second-order valence-electron chi connectivity index (χ2n) is 10.9. The van der Waals surface area contributed by atoms with Gasteiger partial charge in [-0.2, -0.15) is 0 Å². The maximum Gasteiger partial charge on any atom is 0.0153 e. The maximum absolute atomic E-state index is 2.85. The second kappa shape index (κ2) is 23.1. The first-order valence-corrected chi connectivity index (χ1v) is 14.8. The van der Waals surface area contributed by atoms with Crippen LogP contribution in [0.1, 0.15) is 176 Å². The standard InChI is InChI=1S/C30H63N/c1-6-9-12-15-16-17-18-19-20-21-22-23-24-27-30(4,5)31(28-25-13-10-7-2)29-26-14-11-8-3/h6-29H2,1-5H3. The predicted molar refractivity (Wildman–Crippen MR) is 144 cm³/mol. The molecule has 0 bridgehead atoms. The Morgan fingerprint density at radius 2 is 0.677 bits per heavy atom. The van der Waals surface area contributed by atoms with E-state index in [0.29, 0.717) is 5.54 Å². The van der Waals surface area contributed by atoms with Crippen LogP contribution in [-0.2, 0) is 0 Å². The Hall–Kier alpha value is -0.0400. The zero-order chi connectivity index (χ0) is 23.0. The fourth-order valence-electron chi connectivity index (χ4n) is 4.91. The van der Waals surface area contributed by atoms with E-state index in [0.717, 1.165) is 0 Å². The molecule has 0 aromatic rings. The number of unbranched alkanes of at least 4 members (excludes halogenated alkanes) is 18. The summed E-state index contributed by atoms with van der Waals surface area (Å²) in [5.74, 6) is 0. The zero-order valence-electron chi connectivity index (χ0n) is 22.9. The number of nitrogens with zero attached hydrogens (tertiary/aromatic N) is 1. The molecule has 0 rings (SSSR count). The van der Waals surface area contributed by atoms with Gasteiger partial charge in [0.25, 0.3) is 0 Å². The van der Waals surface area contributed by atoms with Gasteiger partial charge >= 0.3 is 0 Å². The van der Waals surface area contributed by atoms with E-state index in [1.165, 1.54) is 154 Å². The van der Waals surface area contributed by atoms with Gasteiger partial charge in [0.2, 0.25) is 0 Å². The highest BCUT2D eigenvalue weighted by molar-refractivity contribution is 4.81. The molecule has 31 heavy (non-hydrogen) atoms. The Bertz CT molecular complexity index is 323. The van der Waals surface area contributed by atoms with Gasteiger partial charge < -0.3 is 0 Å². The Morgan fingerprint density at radius 1 is 0.387 bits per heavy atom. The minimum Gasteiger partial charge on any atom is -0.298 e. The van der Waals surface area contributed by atoms with Gasteiger partial charge in [0, 0.05) is 5.54 Å². The lowest BCUT2D eigenvalue weighted by Gasteiger charge is -2.39. The van der Waals surface area contributed by atoms with Crippen LogP contribution < -0.4 is 0 Å². The summed E-state index contributed by atoms with van der Waals surface area (Å²) in [5.41, 5.74) is 0.385. The molecule has 1 heteroatoms. The highest BCUT2D eigenvalue weighted by Crippen LogP contribution is 2.24. The second-order valence-corrected chi connectivity index (χ2v) is 10.9. The maximum atomic E-state index is 2.85. The first kappa shape index (κ1) is 31.0. The Balaban J connectivity index is 3.88. The van der Waals surface area contributed by atoms with Crippen LogP contribution in [0.2, 0.25) is 0 Å². The van der Waals surface area contributed by atoms with Crippen molar-refractivity contribution < 1.29 is 0 Å². The van der Waals surface area contributed by atoms with Crippen LogP contribution in [0.15, 0.2) is 0 Å². The Labute approximate surface area is 199 Å². The van der Waals surface area contributed by atoms with E-state index in [9.17, 15) is 0 Å². The first-order chi connectivity index (χ1) is 15.1. The molecule has 0 radical (unpaired) electrons. The Morgan fingerprint density at radius 3 is 1.03 bits per heavy atom. The summed E-state index contributed by atoms with van der Waals surface area (Å²) in [6.45, 7) is 14.6. The van der Waals surface area contributed by atoms with Crippen LogP contribution in [0.5, 0.6) is 0 Å². The van der Waals surface area contributed by atoms with Gasteiger partial charge in [-0.25, -0.2) is 0 Å². The van der Waals surface area contributed by atoms with Crippen LogP contribution in [0, 0.1) is 0 Å². The molecule has 0 atom stereocenters. The molecule has 0 aliphatic rings. The van der Waals surface area contributed by atoms with Gasteiger partial charge in [0.1, 0.15) is 0 Å². The zero-order valence-corrected chi connectivity index (χ0v) is 22.9. The summed E-state index contributed by atoms with van der Waals surface area (Å²) in [7, 11) is 0. The minimum absolute atomic E-state index is 0.385. The molecule has 0 spiro atoms. The molecule has 0 aliphatic carbocycles. The molecule has 1 nitrogen and oxygen atoms in total. The lowest BCUT2D eigenvalue weighted by atomic mass is 9.93. The van der Waals surface area contributed by atoms with E-state index < -0.39 is 0 Å². The first-order valence-electron chi connectivity index (χ1n) is 14.8. The monoisotopic (exact) mass is 437 g/mol. The molecule has 0 amide bonds. The van der Waals surface area contributed by atoms with Crippen molar-refractivity contribution in [2.45, 2.75) is 181 Å². The van der Waals surface area contributed by atoms with Crippen LogP contribution in [0.3, 0.4) is 0 Å². The van der Waals surface area contributed by atoms with Gasteiger partial charge in [0.15, 0.2) is 0 Å². The highest BCUT2D eigenvalue weighted by atomic mass is 15.2. The summed E-state index contributed by atoms with van der Waals surface area (Å²) < 4.78 is 0. The van der Waals surface area contributed by atoms with Gasteiger partial charge in [-0.3, -0.25) is 4.90 Å². The van der Waals surface area contributed by atoms with Gasteiger partial charge in [-0.15, -0.1) is 0 Å². The lowest BCUT2D eigenvalue weighted by molar-refractivity contribution is 0.103. The van der Waals surface area contributed by atoms with Crippen molar-refractivity contribution in [1.82, 2.24) is 4.90 Å². The molecule has 0 unspecified atom stereocenters. The van der Waals surface area contributed by atoms with Crippen LogP contribution in [-0.4, -0.2) is 23.5 Å². The third-order valence-electron chi connectivity index (χ3n) is 7.31. The number of hydrogen-bond acceptors (Lipinski definition) is 1. The molecule has 0 aromatic carbocycles. The fraction of sp³-hybridized carbons (Fsp3) is 1.00. The van der Waals surface area contributed by atoms with E-state index in [-0.39, 0.29) is 0 Å². The van der Waals surface area contributed by atoms with Crippen molar-refractivity contribution >= 4 is 0 Å². The quantitative estimate of drug-likeness (QED) is 0.128. The summed E-state index contributed by atoms with van der Waals surface area (Å²) in [4.78, 5) is 2.85. The van der Waals surface area contributed by atoms with Gasteiger partial charge in [-0.05, 0) is 46.2 Å². The van der Waals surface area contributed by atoms with Crippen molar-refractivity contribution in [1.29, 1.82) is 0 Å². The van der Waals surface area contributed by atoms with E-state index >= 15 is 0 Å². The molecule has 0 aromatic heterocycles. The molecule has 0 N–H and O–H groups in total. The van der Waals surface area contributed by atoms with Crippen molar-refractivity contribution in [2.24, 2.45) is 0 Å². The van der Waals surface area contributed by atoms with Crippen molar-refractivity contribution in [2.75, 3.05) is 13.1 Å². The van der Waals surface area contributed by atoms with E-state index in [4.69, 9.17) is 0 Å². The van der Waals surface area contributed by atoms with E-state index in [1.807, 2.05) is 0 Å². The minimum atomic E-state index is 0.385. The topological polar surface area (TPSA) is 3.24 Å². The summed E-state index contributed by atoms with van der Waals surface area (Å²) in [6, 6.07) is 0. The summed E-state index contributed by atoms with van der Waals surface area (Å²) in [6.07, 6.45) is 31.4. The molecule has 0 fully saturated rings. The fourth-order valence-corrected chi connectivity index (χ4v) is 4.91. The van der Waals surface area contributed by atoms with Crippen LogP contribution in [0.25, 0.3) is 0 Å². The lowest BCUT2D eigenvalue weighted by Crippen LogP contribution is -2.45. The van der Waals surface area contributed by atoms with Crippen molar-refractivity contribution in [3.05, 3.63) is 0 Å². The molecule has 0 saturated heterocycles. The van der Waals surface area contributed by atoms with Crippen LogP contribution in [0.4, 0.5) is 0 Å². The molecule has 188 valence electrons. The smallest absolute Gasteiger partial charge is 0.0153 e. The largest absolute Gasteiger partial charge is 0.298 e. The van der Waals surface area contributed by atoms with Gasteiger partial charge in [0.05, 0.1) is 0 Å². The third-order valence-corrected chi connectivity index (χ3v) is 7.31. The Kier molecular flexibility index (Phi) is 23.1. The van der Waals surface area contributed by atoms with E-state index in [1.54, 1.807) is 0 Å².